The molecule has 2 aromatic heterocycles. The number of rotatable bonds is 1. The van der Waals surface area contributed by atoms with Crippen LogP contribution in [0.1, 0.15) is 0 Å². The lowest BCUT2D eigenvalue weighted by Crippen LogP contribution is -1.93. The van der Waals surface area contributed by atoms with Gasteiger partial charge in [-0.3, -0.25) is 4.98 Å². The fourth-order valence-corrected chi connectivity index (χ4v) is 2.18. The summed E-state index contributed by atoms with van der Waals surface area (Å²) < 4.78 is 14.8. The largest absolute Gasteiger partial charge is 0.263 e. The Morgan fingerprint density at radius 2 is 2.11 bits per heavy atom. The molecule has 0 atom stereocenters. The zero-order valence-electron chi connectivity index (χ0n) is 9.30. The molecule has 1 aromatic carbocycles. The van der Waals surface area contributed by atoms with E-state index in [4.69, 9.17) is 0 Å². The Morgan fingerprint density at radius 3 is 2.83 bits per heavy atom. The van der Waals surface area contributed by atoms with Gasteiger partial charge < -0.3 is 0 Å². The van der Waals surface area contributed by atoms with Crippen molar-refractivity contribution in [2.45, 2.75) is 0 Å². The van der Waals surface area contributed by atoms with Crippen molar-refractivity contribution in [2.75, 3.05) is 0 Å². The van der Waals surface area contributed by atoms with E-state index >= 15 is 0 Å². The fraction of sp³-hybridized carbons (Fsp3) is 0.0909. The summed E-state index contributed by atoms with van der Waals surface area (Å²) in [4.78, 5) is 5.29. The van der Waals surface area contributed by atoms with Crippen molar-refractivity contribution in [1.82, 2.24) is 25.2 Å². The molecule has 0 bridgehead atoms. The molecule has 0 spiro atoms. The average Bonchev–Trinajstić information content (AvgIpc) is 2.75. The van der Waals surface area contributed by atoms with Crippen LogP contribution >= 0.6 is 15.9 Å². The molecule has 0 aliphatic carbocycles. The fourth-order valence-electron chi connectivity index (χ4n) is 1.72. The molecule has 90 valence electrons. The van der Waals surface area contributed by atoms with Gasteiger partial charge in [-0.25, -0.2) is 4.39 Å². The van der Waals surface area contributed by atoms with Crippen molar-refractivity contribution < 1.29 is 4.39 Å². The predicted octanol–water partition coefficient (Wildman–Crippen LogP) is 2.33. The van der Waals surface area contributed by atoms with E-state index in [1.165, 1.54) is 10.9 Å². The molecule has 0 N–H and O–H groups in total. The highest BCUT2D eigenvalue weighted by atomic mass is 79.9. The van der Waals surface area contributed by atoms with Crippen molar-refractivity contribution in [3.63, 3.8) is 0 Å². The maximum absolute atomic E-state index is 14.0. The van der Waals surface area contributed by atoms with Crippen LogP contribution in [0.2, 0.25) is 0 Å². The number of fused-ring (bicyclic) bond motifs is 1. The Morgan fingerprint density at radius 1 is 1.28 bits per heavy atom. The van der Waals surface area contributed by atoms with Crippen molar-refractivity contribution in [2.24, 2.45) is 7.05 Å². The SMILES string of the molecule is Cn1nnc(-c2cc3c(Br)cncc3cc2F)n1. The standard InChI is InChI=1S/C11H7BrFN5/c1-18-16-11(15-17-18)8-3-7-6(2-10(8)13)4-14-5-9(7)12/h2-5H,1H3. The molecule has 0 unspecified atom stereocenters. The second-order valence-corrected chi connectivity index (χ2v) is 4.63. The number of pyridine rings is 1. The van der Waals surface area contributed by atoms with Crippen molar-refractivity contribution >= 4 is 26.7 Å². The van der Waals surface area contributed by atoms with Crippen LogP contribution in [0.15, 0.2) is 29.0 Å². The summed E-state index contributed by atoms with van der Waals surface area (Å²) in [6.45, 7) is 0. The zero-order chi connectivity index (χ0) is 12.7. The highest BCUT2D eigenvalue weighted by Gasteiger charge is 2.13. The molecule has 5 nitrogen and oxygen atoms in total. The Hall–Kier alpha value is -1.89. The van der Waals surface area contributed by atoms with Crippen molar-refractivity contribution in [3.05, 3.63) is 34.8 Å². The van der Waals surface area contributed by atoms with Crippen LogP contribution in [-0.2, 0) is 7.05 Å². The third kappa shape index (κ3) is 1.76. The maximum Gasteiger partial charge on any atom is 0.207 e. The number of hydrogen-bond donors (Lipinski definition) is 0. The van der Waals surface area contributed by atoms with Gasteiger partial charge in [0.25, 0.3) is 0 Å². The Balaban J connectivity index is 2.30. The van der Waals surface area contributed by atoms with Gasteiger partial charge in [-0.05, 0) is 38.7 Å². The number of hydrogen-bond acceptors (Lipinski definition) is 4. The minimum absolute atomic E-state index is 0.264. The van der Waals surface area contributed by atoms with E-state index in [1.807, 2.05) is 0 Å². The minimum atomic E-state index is -0.393. The lowest BCUT2D eigenvalue weighted by atomic mass is 10.1. The number of benzene rings is 1. The lowest BCUT2D eigenvalue weighted by molar-refractivity contribution is 0.626. The summed E-state index contributed by atoms with van der Waals surface area (Å²) in [5, 5.41) is 13.1. The molecule has 0 radical (unpaired) electrons. The molecule has 18 heavy (non-hydrogen) atoms. The zero-order valence-corrected chi connectivity index (χ0v) is 10.9. The first-order valence-electron chi connectivity index (χ1n) is 5.12. The second kappa shape index (κ2) is 4.09. The number of nitrogens with zero attached hydrogens (tertiary/aromatic N) is 5. The van der Waals surface area contributed by atoms with Crippen LogP contribution < -0.4 is 0 Å². The van der Waals surface area contributed by atoms with Crippen molar-refractivity contribution in [3.8, 4) is 11.4 Å². The molecule has 0 fully saturated rings. The van der Waals surface area contributed by atoms with Crippen LogP contribution in [0.25, 0.3) is 22.2 Å². The lowest BCUT2D eigenvalue weighted by Gasteiger charge is -2.03. The Bertz CT molecular complexity index is 739. The van der Waals surface area contributed by atoms with Crippen LogP contribution in [0.4, 0.5) is 4.39 Å². The van der Waals surface area contributed by atoms with Crippen LogP contribution in [-0.4, -0.2) is 25.2 Å². The quantitative estimate of drug-likeness (QED) is 0.692. The first kappa shape index (κ1) is 11.2. The van der Waals surface area contributed by atoms with Gasteiger partial charge in [0.1, 0.15) is 5.82 Å². The predicted molar refractivity (Wildman–Crippen MR) is 67.2 cm³/mol. The molecule has 7 heteroatoms. The summed E-state index contributed by atoms with van der Waals surface area (Å²) in [6.07, 6.45) is 3.27. The van der Waals surface area contributed by atoms with Gasteiger partial charge in [0.2, 0.25) is 5.82 Å². The summed E-state index contributed by atoms with van der Waals surface area (Å²) in [5.41, 5.74) is 0.322. The highest BCUT2D eigenvalue weighted by Crippen LogP contribution is 2.29. The van der Waals surface area contributed by atoms with Crippen LogP contribution in [0, 0.1) is 5.82 Å². The summed E-state index contributed by atoms with van der Waals surface area (Å²) >= 11 is 3.39. The number of aryl methyl sites for hydroxylation is 1. The molecule has 0 saturated heterocycles. The third-order valence-corrected chi connectivity index (χ3v) is 3.18. The van der Waals surface area contributed by atoms with Crippen LogP contribution in [0.3, 0.4) is 0 Å². The normalized spacial score (nSPS) is 11.1. The van der Waals surface area contributed by atoms with Gasteiger partial charge in [0.15, 0.2) is 0 Å². The molecule has 3 aromatic rings. The summed E-state index contributed by atoms with van der Waals surface area (Å²) in [7, 11) is 1.63. The molecule has 0 amide bonds. The van der Waals surface area contributed by atoms with Gasteiger partial charge in [0.05, 0.1) is 12.6 Å². The second-order valence-electron chi connectivity index (χ2n) is 3.78. The molecule has 3 rings (SSSR count). The van der Waals surface area contributed by atoms with Crippen molar-refractivity contribution in [1.29, 1.82) is 0 Å². The average molecular weight is 308 g/mol. The van der Waals surface area contributed by atoms with E-state index in [-0.39, 0.29) is 5.82 Å². The van der Waals surface area contributed by atoms with Gasteiger partial charge in [0, 0.05) is 22.3 Å². The van der Waals surface area contributed by atoms with Crippen LogP contribution in [0.5, 0.6) is 0 Å². The van der Waals surface area contributed by atoms with Gasteiger partial charge in [-0.2, -0.15) is 4.80 Å². The van der Waals surface area contributed by atoms with E-state index in [2.05, 4.69) is 36.3 Å². The van der Waals surface area contributed by atoms with E-state index in [1.54, 1.807) is 25.5 Å². The summed E-state index contributed by atoms with van der Waals surface area (Å²) in [6, 6.07) is 3.10. The monoisotopic (exact) mass is 307 g/mol. The number of tetrazole rings is 1. The topological polar surface area (TPSA) is 56.5 Å². The van der Waals surface area contributed by atoms with E-state index in [9.17, 15) is 4.39 Å². The molecule has 0 aliphatic rings. The highest BCUT2D eigenvalue weighted by molar-refractivity contribution is 9.10. The Labute approximate surface area is 110 Å². The van der Waals surface area contributed by atoms with E-state index < -0.39 is 5.82 Å². The first-order valence-corrected chi connectivity index (χ1v) is 5.91. The smallest absolute Gasteiger partial charge is 0.207 e. The van der Waals surface area contributed by atoms with Gasteiger partial charge >= 0.3 is 0 Å². The van der Waals surface area contributed by atoms with Gasteiger partial charge in [-0.1, -0.05) is 0 Å². The van der Waals surface area contributed by atoms with E-state index in [0.717, 1.165) is 15.2 Å². The number of halogens is 2. The summed E-state index contributed by atoms with van der Waals surface area (Å²) in [5.74, 6) is -0.129. The molecule has 0 aliphatic heterocycles. The Kier molecular flexibility index (Phi) is 2.55. The molecular formula is C11H7BrFN5. The molecular weight excluding hydrogens is 301 g/mol. The molecule has 0 saturated carbocycles. The maximum atomic E-state index is 14.0. The number of aromatic nitrogens is 5. The molecule has 2 heterocycles. The first-order chi connectivity index (χ1) is 8.65. The minimum Gasteiger partial charge on any atom is -0.263 e. The van der Waals surface area contributed by atoms with E-state index in [0.29, 0.717) is 5.56 Å². The van der Waals surface area contributed by atoms with Gasteiger partial charge in [-0.15, -0.1) is 10.2 Å². The third-order valence-electron chi connectivity index (χ3n) is 2.55.